The Labute approximate surface area is 170 Å². The number of carbonyl (C=O) groups is 1. The number of hydrogen-bond donors (Lipinski definition) is 0. The van der Waals surface area contributed by atoms with Gasteiger partial charge in [-0.15, -0.1) is 0 Å². The van der Waals surface area contributed by atoms with Crippen LogP contribution >= 0.6 is 0 Å². The predicted octanol–water partition coefficient (Wildman–Crippen LogP) is 0.715. The number of hydrogen-bond acceptors (Lipinski definition) is 6. The van der Waals surface area contributed by atoms with Gasteiger partial charge in [0.25, 0.3) is 0 Å². The lowest BCUT2D eigenvalue weighted by molar-refractivity contribution is -0.130. The van der Waals surface area contributed by atoms with Crippen molar-refractivity contribution in [3.63, 3.8) is 0 Å². The van der Waals surface area contributed by atoms with Crippen LogP contribution in [-0.4, -0.2) is 76.6 Å². The van der Waals surface area contributed by atoms with Gasteiger partial charge in [-0.2, -0.15) is 0 Å². The van der Waals surface area contributed by atoms with Crippen molar-refractivity contribution in [2.45, 2.75) is 25.8 Å². The number of aromatic nitrogens is 3. The van der Waals surface area contributed by atoms with Crippen LogP contribution in [-0.2, 0) is 11.3 Å². The average Bonchev–Trinajstić information content (AvgIpc) is 3.20. The van der Waals surface area contributed by atoms with E-state index in [1.54, 1.807) is 12.3 Å². The molecule has 0 unspecified atom stereocenters. The Morgan fingerprint density at radius 1 is 1.17 bits per heavy atom. The van der Waals surface area contributed by atoms with Crippen molar-refractivity contribution in [3.8, 4) is 0 Å². The molecule has 0 aliphatic carbocycles. The molecule has 4 heterocycles. The van der Waals surface area contributed by atoms with E-state index in [9.17, 15) is 9.59 Å². The number of pyridine rings is 1. The van der Waals surface area contributed by atoms with E-state index in [4.69, 9.17) is 4.98 Å². The molecule has 0 saturated carbocycles. The maximum Gasteiger partial charge on any atom is 0.347 e. The highest BCUT2D eigenvalue weighted by molar-refractivity contribution is 5.76. The van der Waals surface area contributed by atoms with E-state index < -0.39 is 5.69 Å². The molecule has 2 saturated heterocycles. The van der Waals surface area contributed by atoms with Gasteiger partial charge >= 0.3 is 5.69 Å². The summed E-state index contributed by atoms with van der Waals surface area (Å²) >= 11 is 0. The van der Waals surface area contributed by atoms with Crippen LogP contribution in [0.3, 0.4) is 0 Å². The van der Waals surface area contributed by atoms with Gasteiger partial charge in [0.05, 0.1) is 0 Å². The molecule has 2 aliphatic heterocycles. The fourth-order valence-corrected chi connectivity index (χ4v) is 4.11. The molecule has 29 heavy (non-hydrogen) atoms. The number of anilines is 1. The highest BCUT2D eigenvalue weighted by Gasteiger charge is 2.29. The SMILES string of the molecule is Cc1cc(N2CCN(C)CC2)cc([C@H]2CCN(C(=O)Cn3cccnc3=O)C2)n1. The molecule has 8 heteroatoms. The molecule has 4 rings (SSSR count). The van der Waals surface area contributed by atoms with E-state index in [0.717, 1.165) is 44.0 Å². The fraction of sp³-hybridized carbons (Fsp3) is 0.524. The minimum Gasteiger partial charge on any atom is -0.369 e. The Morgan fingerprint density at radius 3 is 2.72 bits per heavy atom. The van der Waals surface area contributed by atoms with Gasteiger partial charge in [-0.25, -0.2) is 9.78 Å². The lowest BCUT2D eigenvalue weighted by Gasteiger charge is -2.34. The van der Waals surface area contributed by atoms with Crippen molar-refractivity contribution in [2.24, 2.45) is 0 Å². The predicted molar refractivity (Wildman–Crippen MR) is 111 cm³/mol. The summed E-state index contributed by atoms with van der Waals surface area (Å²) in [5, 5.41) is 0. The third-order valence-corrected chi connectivity index (χ3v) is 5.87. The first-order valence-electron chi connectivity index (χ1n) is 10.2. The van der Waals surface area contributed by atoms with Crippen LogP contribution in [0.2, 0.25) is 0 Å². The first-order chi connectivity index (χ1) is 14.0. The average molecular weight is 396 g/mol. The summed E-state index contributed by atoms with van der Waals surface area (Å²) in [6, 6.07) is 6.02. The molecule has 1 atom stereocenters. The first kappa shape index (κ1) is 19.6. The van der Waals surface area contributed by atoms with Crippen molar-refractivity contribution in [1.29, 1.82) is 0 Å². The summed E-state index contributed by atoms with van der Waals surface area (Å²) in [4.78, 5) is 39.5. The number of aryl methyl sites for hydroxylation is 1. The lowest BCUT2D eigenvalue weighted by Crippen LogP contribution is -2.44. The molecule has 0 radical (unpaired) electrons. The van der Waals surface area contributed by atoms with Gasteiger partial charge in [0, 0.05) is 74.7 Å². The number of nitrogens with zero attached hydrogens (tertiary/aromatic N) is 6. The Balaban J connectivity index is 1.44. The van der Waals surface area contributed by atoms with Crippen LogP contribution in [0.1, 0.15) is 23.7 Å². The number of carbonyl (C=O) groups excluding carboxylic acids is 1. The molecule has 0 spiro atoms. The van der Waals surface area contributed by atoms with Gasteiger partial charge in [0.2, 0.25) is 5.91 Å². The number of likely N-dealkylation sites (tertiary alicyclic amines) is 1. The zero-order chi connectivity index (χ0) is 20.4. The van der Waals surface area contributed by atoms with E-state index in [0.29, 0.717) is 13.1 Å². The Bertz CT molecular complexity index is 935. The number of amides is 1. The van der Waals surface area contributed by atoms with Crippen molar-refractivity contribution < 1.29 is 4.79 Å². The lowest BCUT2D eigenvalue weighted by atomic mass is 10.0. The van der Waals surface area contributed by atoms with Gasteiger partial charge in [0.1, 0.15) is 6.54 Å². The molecule has 154 valence electrons. The molecule has 2 aromatic rings. The summed E-state index contributed by atoms with van der Waals surface area (Å²) in [6.45, 7) is 7.59. The normalized spacial score (nSPS) is 20.3. The summed E-state index contributed by atoms with van der Waals surface area (Å²) in [5.41, 5.74) is 2.91. The van der Waals surface area contributed by atoms with Crippen molar-refractivity contribution in [1.82, 2.24) is 24.3 Å². The molecule has 2 fully saturated rings. The monoisotopic (exact) mass is 396 g/mol. The topological polar surface area (TPSA) is 74.6 Å². The highest BCUT2D eigenvalue weighted by Crippen LogP contribution is 2.29. The number of rotatable bonds is 4. The van der Waals surface area contributed by atoms with Crippen LogP contribution in [0.15, 0.2) is 35.4 Å². The van der Waals surface area contributed by atoms with E-state index in [1.807, 2.05) is 11.8 Å². The summed E-state index contributed by atoms with van der Waals surface area (Å²) < 4.78 is 1.35. The van der Waals surface area contributed by atoms with Crippen LogP contribution in [0.5, 0.6) is 0 Å². The maximum absolute atomic E-state index is 12.7. The van der Waals surface area contributed by atoms with E-state index >= 15 is 0 Å². The Morgan fingerprint density at radius 2 is 1.97 bits per heavy atom. The highest BCUT2D eigenvalue weighted by atomic mass is 16.2. The number of piperazine rings is 1. The molecule has 1 amide bonds. The fourth-order valence-electron chi connectivity index (χ4n) is 4.11. The smallest absolute Gasteiger partial charge is 0.347 e. The van der Waals surface area contributed by atoms with Crippen LogP contribution in [0, 0.1) is 6.92 Å². The molecular weight excluding hydrogens is 368 g/mol. The van der Waals surface area contributed by atoms with Crippen LogP contribution in [0.4, 0.5) is 5.69 Å². The van der Waals surface area contributed by atoms with E-state index in [-0.39, 0.29) is 18.4 Å². The van der Waals surface area contributed by atoms with Gasteiger partial charge in [-0.3, -0.25) is 14.3 Å². The minimum atomic E-state index is -0.395. The van der Waals surface area contributed by atoms with Crippen LogP contribution in [0.25, 0.3) is 0 Å². The zero-order valence-electron chi connectivity index (χ0n) is 17.1. The van der Waals surface area contributed by atoms with Gasteiger partial charge in [-0.1, -0.05) is 0 Å². The van der Waals surface area contributed by atoms with Crippen molar-refractivity contribution in [3.05, 3.63) is 52.5 Å². The van der Waals surface area contributed by atoms with Crippen LogP contribution < -0.4 is 10.6 Å². The third-order valence-electron chi connectivity index (χ3n) is 5.87. The molecule has 8 nitrogen and oxygen atoms in total. The summed E-state index contributed by atoms with van der Waals surface area (Å²) in [5.74, 6) is 0.185. The van der Waals surface area contributed by atoms with Gasteiger partial charge < -0.3 is 14.7 Å². The largest absolute Gasteiger partial charge is 0.369 e. The quantitative estimate of drug-likeness (QED) is 0.758. The molecule has 0 bridgehead atoms. The Kier molecular flexibility index (Phi) is 5.62. The zero-order valence-corrected chi connectivity index (χ0v) is 17.1. The summed E-state index contributed by atoms with van der Waals surface area (Å²) in [7, 11) is 2.16. The molecule has 2 aliphatic rings. The third kappa shape index (κ3) is 4.48. The second-order valence-electron chi connectivity index (χ2n) is 8.04. The van der Waals surface area contributed by atoms with Crippen molar-refractivity contribution in [2.75, 3.05) is 51.2 Å². The van der Waals surface area contributed by atoms with Gasteiger partial charge in [0.15, 0.2) is 0 Å². The number of likely N-dealkylation sites (N-methyl/N-ethyl adjacent to an activating group) is 1. The van der Waals surface area contributed by atoms with E-state index in [1.165, 1.54) is 16.5 Å². The maximum atomic E-state index is 12.7. The van der Waals surface area contributed by atoms with E-state index in [2.05, 4.69) is 34.0 Å². The molecule has 2 aromatic heterocycles. The minimum absolute atomic E-state index is 0.0349. The molecule has 0 N–H and O–H groups in total. The van der Waals surface area contributed by atoms with Crippen molar-refractivity contribution >= 4 is 11.6 Å². The molecular formula is C21H28N6O2. The molecule has 0 aromatic carbocycles. The summed E-state index contributed by atoms with van der Waals surface area (Å²) in [6.07, 6.45) is 3.94. The second-order valence-corrected chi connectivity index (χ2v) is 8.04. The Hall–Kier alpha value is -2.74. The standard InChI is InChI=1S/C21H28N6O2/c1-16-12-18(25-10-8-24(2)9-11-25)13-19(23-16)17-4-7-26(14-17)20(28)15-27-6-3-5-22-21(27)29/h3,5-6,12-13,17H,4,7-11,14-15H2,1-2H3/t17-/m0/s1. The van der Waals surface area contributed by atoms with Gasteiger partial charge in [-0.05, 0) is 38.6 Å². The second kappa shape index (κ2) is 8.32. The first-order valence-corrected chi connectivity index (χ1v) is 10.2.